The van der Waals surface area contributed by atoms with Gasteiger partial charge in [0, 0.05) is 22.1 Å². The zero-order chi connectivity index (χ0) is 11.4. The fraction of sp³-hybridized carbons (Fsp3) is 1.00. The first-order valence-electron chi connectivity index (χ1n) is 6.21. The molecule has 1 fully saturated rings. The highest BCUT2D eigenvalue weighted by Crippen LogP contribution is 2.30. The van der Waals surface area contributed by atoms with Gasteiger partial charge in [0.25, 0.3) is 0 Å². The van der Waals surface area contributed by atoms with Crippen LogP contribution in [0, 0.1) is 5.92 Å². The molecule has 1 saturated carbocycles. The van der Waals surface area contributed by atoms with Crippen LogP contribution in [0.4, 0.5) is 0 Å². The van der Waals surface area contributed by atoms with Crippen LogP contribution in [-0.2, 0) is 10.8 Å². The molecule has 0 heterocycles. The molecule has 0 aromatic rings. The molecule has 0 amide bonds. The Morgan fingerprint density at radius 3 is 2.60 bits per heavy atom. The van der Waals surface area contributed by atoms with Gasteiger partial charge in [-0.15, -0.1) is 0 Å². The quantitative estimate of drug-likeness (QED) is 0.807. The predicted octanol–water partition coefficient (Wildman–Crippen LogP) is 2.44. The van der Waals surface area contributed by atoms with Gasteiger partial charge in [-0.25, -0.2) is 0 Å². The van der Waals surface area contributed by atoms with Crippen LogP contribution in [0.3, 0.4) is 0 Å². The zero-order valence-electron chi connectivity index (χ0n) is 10.2. The predicted molar refractivity (Wildman–Crippen MR) is 67.3 cm³/mol. The van der Waals surface area contributed by atoms with E-state index in [9.17, 15) is 4.21 Å². The van der Waals surface area contributed by atoms with Crippen molar-refractivity contribution in [1.29, 1.82) is 0 Å². The highest BCUT2D eigenvalue weighted by atomic mass is 32.2. The molecule has 0 saturated heterocycles. The van der Waals surface area contributed by atoms with Crippen molar-refractivity contribution in [2.45, 2.75) is 69.4 Å². The van der Waals surface area contributed by atoms with Gasteiger partial charge < -0.3 is 5.73 Å². The minimum atomic E-state index is -0.738. The van der Waals surface area contributed by atoms with Crippen molar-refractivity contribution in [2.75, 3.05) is 0 Å². The Labute approximate surface area is 96.5 Å². The van der Waals surface area contributed by atoms with Crippen molar-refractivity contribution in [1.82, 2.24) is 0 Å². The van der Waals surface area contributed by atoms with Crippen molar-refractivity contribution < 1.29 is 4.21 Å². The van der Waals surface area contributed by atoms with Gasteiger partial charge in [0.2, 0.25) is 0 Å². The summed E-state index contributed by atoms with van der Waals surface area (Å²) in [6.45, 7) is 6.29. The molecule has 2 N–H and O–H groups in total. The zero-order valence-corrected chi connectivity index (χ0v) is 11.1. The lowest BCUT2D eigenvalue weighted by atomic mass is 9.83. The van der Waals surface area contributed by atoms with E-state index in [1.54, 1.807) is 0 Å². The maximum atomic E-state index is 12.1. The van der Waals surface area contributed by atoms with Crippen molar-refractivity contribution >= 4 is 10.8 Å². The summed E-state index contributed by atoms with van der Waals surface area (Å²) in [5.74, 6) is 0.766. The molecule has 1 aliphatic rings. The van der Waals surface area contributed by atoms with Crippen LogP contribution in [0.5, 0.6) is 0 Å². The number of hydrogen-bond donors (Lipinski definition) is 1. The molecular weight excluding hydrogens is 206 g/mol. The summed E-state index contributed by atoms with van der Waals surface area (Å²) >= 11 is 0. The van der Waals surface area contributed by atoms with Gasteiger partial charge in [-0.1, -0.05) is 33.6 Å². The number of hydrogen-bond acceptors (Lipinski definition) is 2. The Hall–Kier alpha value is 0.110. The highest BCUT2D eigenvalue weighted by molar-refractivity contribution is 7.86. The topological polar surface area (TPSA) is 43.1 Å². The minimum absolute atomic E-state index is 0.168. The second-order valence-electron chi connectivity index (χ2n) is 5.05. The second kappa shape index (κ2) is 6.00. The molecule has 15 heavy (non-hydrogen) atoms. The average molecular weight is 231 g/mol. The summed E-state index contributed by atoms with van der Waals surface area (Å²) in [7, 11) is -0.738. The van der Waals surface area contributed by atoms with Gasteiger partial charge in [0.05, 0.1) is 5.25 Å². The molecule has 4 unspecified atom stereocenters. The average Bonchev–Trinajstić information content (AvgIpc) is 2.20. The lowest BCUT2D eigenvalue weighted by molar-refractivity contribution is 0.313. The Morgan fingerprint density at radius 2 is 2.07 bits per heavy atom. The lowest BCUT2D eigenvalue weighted by Crippen LogP contribution is -2.44. The molecule has 2 nitrogen and oxygen atoms in total. The molecule has 0 bridgehead atoms. The molecule has 0 aliphatic heterocycles. The third-order valence-corrected chi connectivity index (χ3v) is 5.48. The van der Waals surface area contributed by atoms with E-state index in [0.29, 0.717) is 0 Å². The third kappa shape index (κ3) is 3.56. The Morgan fingerprint density at radius 1 is 1.40 bits per heavy atom. The van der Waals surface area contributed by atoms with E-state index < -0.39 is 10.8 Å². The van der Waals surface area contributed by atoms with Gasteiger partial charge in [-0.2, -0.15) is 0 Å². The summed E-state index contributed by atoms with van der Waals surface area (Å²) in [6, 6.07) is 0.168. The summed E-state index contributed by atoms with van der Waals surface area (Å²) in [5, 5.41) is 0.497. The Kier molecular flexibility index (Phi) is 5.27. The molecule has 0 aromatic carbocycles. The van der Waals surface area contributed by atoms with Crippen LogP contribution < -0.4 is 5.73 Å². The van der Waals surface area contributed by atoms with Crippen LogP contribution in [0.15, 0.2) is 0 Å². The maximum Gasteiger partial charge on any atom is 0.0504 e. The van der Waals surface area contributed by atoms with E-state index in [1.807, 2.05) is 13.8 Å². The van der Waals surface area contributed by atoms with Crippen LogP contribution in [0.2, 0.25) is 0 Å². The maximum absolute atomic E-state index is 12.1. The second-order valence-corrected chi connectivity index (χ2v) is 7.25. The van der Waals surface area contributed by atoms with Gasteiger partial charge in [-0.05, 0) is 25.2 Å². The van der Waals surface area contributed by atoms with E-state index in [-0.39, 0.29) is 16.5 Å². The summed E-state index contributed by atoms with van der Waals surface area (Å²) in [6.07, 6.45) is 5.90. The smallest absolute Gasteiger partial charge is 0.0504 e. The van der Waals surface area contributed by atoms with Crippen molar-refractivity contribution in [3.8, 4) is 0 Å². The van der Waals surface area contributed by atoms with Gasteiger partial charge >= 0.3 is 0 Å². The molecule has 0 aromatic heterocycles. The SMILES string of the molecule is CCCC1CCC(N)C(S(=O)C(C)C)C1. The summed E-state index contributed by atoms with van der Waals surface area (Å²) in [4.78, 5) is 0. The normalized spacial score (nSPS) is 34.3. The molecule has 3 heteroatoms. The molecule has 1 rings (SSSR count). The van der Waals surface area contributed by atoms with Gasteiger partial charge in [0.15, 0.2) is 0 Å². The fourth-order valence-electron chi connectivity index (χ4n) is 2.52. The fourth-order valence-corrected chi connectivity index (χ4v) is 4.16. The van der Waals surface area contributed by atoms with Gasteiger partial charge in [-0.3, -0.25) is 4.21 Å². The first-order valence-corrected chi connectivity index (χ1v) is 7.48. The van der Waals surface area contributed by atoms with Crippen LogP contribution in [0.1, 0.15) is 52.9 Å². The molecular formula is C12H25NOS. The van der Waals surface area contributed by atoms with Crippen LogP contribution in [-0.4, -0.2) is 20.8 Å². The van der Waals surface area contributed by atoms with E-state index in [0.717, 1.165) is 18.8 Å². The number of rotatable bonds is 4. The highest BCUT2D eigenvalue weighted by Gasteiger charge is 2.32. The van der Waals surface area contributed by atoms with Crippen molar-refractivity contribution in [3.05, 3.63) is 0 Å². The van der Waals surface area contributed by atoms with Crippen LogP contribution >= 0.6 is 0 Å². The molecule has 90 valence electrons. The standard InChI is InChI=1S/C12H25NOS/c1-4-5-10-6-7-11(13)12(8-10)15(14)9(2)3/h9-12H,4-8,13H2,1-3H3. The van der Waals surface area contributed by atoms with E-state index >= 15 is 0 Å². The largest absolute Gasteiger partial charge is 0.327 e. The van der Waals surface area contributed by atoms with Crippen molar-refractivity contribution in [3.63, 3.8) is 0 Å². The first-order chi connectivity index (χ1) is 7.06. The monoisotopic (exact) mass is 231 g/mol. The molecule has 1 aliphatic carbocycles. The molecule has 0 radical (unpaired) electrons. The Balaban J connectivity index is 2.57. The summed E-state index contributed by atoms with van der Waals surface area (Å²) in [5.41, 5.74) is 6.08. The van der Waals surface area contributed by atoms with E-state index in [4.69, 9.17) is 5.73 Å². The van der Waals surface area contributed by atoms with E-state index in [1.165, 1.54) is 19.3 Å². The first kappa shape index (κ1) is 13.2. The molecule has 0 spiro atoms. The van der Waals surface area contributed by atoms with Crippen LogP contribution in [0.25, 0.3) is 0 Å². The van der Waals surface area contributed by atoms with E-state index in [2.05, 4.69) is 6.92 Å². The number of nitrogens with two attached hydrogens (primary N) is 1. The Bertz CT molecular complexity index is 218. The summed E-state index contributed by atoms with van der Waals surface area (Å²) < 4.78 is 12.1. The minimum Gasteiger partial charge on any atom is -0.327 e. The lowest BCUT2D eigenvalue weighted by Gasteiger charge is -2.34. The van der Waals surface area contributed by atoms with Gasteiger partial charge in [0.1, 0.15) is 0 Å². The van der Waals surface area contributed by atoms with Crippen molar-refractivity contribution in [2.24, 2.45) is 11.7 Å². The molecule has 4 atom stereocenters. The third-order valence-electron chi connectivity index (χ3n) is 3.41.